The Bertz CT molecular complexity index is 558. The summed E-state index contributed by atoms with van der Waals surface area (Å²) in [4.78, 5) is 25.2. The molecular formula is C14H16N2O4. The molecule has 0 spiro atoms. The van der Waals surface area contributed by atoms with E-state index < -0.39 is 6.09 Å². The lowest BCUT2D eigenvalue weighted by molar-refractivity contribution is 0.0983. The molecule has 2 aliphatic heterocycles. The number of anilines is 1. The number of nitrogens with zero attached hydrogens (tertiary/aromatic N) is 1. The first-order chi connectivity index (χ1) is 9.69. The van der Waals surface area contributed by atoms with Crippen LogP contribution in [0.1, 0.15) is 23.2 Å². The summed E-state index contributed by atoms with van der Waals surface area (Å²) in [5, 5.41) is 0. The second-order valence-electron chi connectivity index (χ2n) is 4.91. The molecule has 1 fully saturated rings. The van der Waals surface area contributed by atoms with E-state index in [0.717, 1.165) is 0 Å². The fraction of sp³-hybridized carbons (Fsp3) is 0.429. The monoisotopic (exact) mass is 276 g/mol. The van der Waals surface area contributed by atoms with Crippen LogP contribution < -0.4 is 15.4 Å². The highest BCUT2D eigenvalue weighted by Crippen LogP contribution is 2.31. The third-order valence-electron chi connectivity index (χ3n) is 3.52. The zero-order valence-electron chi connectivity index (χ0n) is 11.0. The van der Waals surface area contributed by atoms with Gasteiger partial charge in [0.2, 0.25) is 0 Å². The minimum atomic E-state index is -0.416. The van der Waals surface area contributed by atoms with Gasteiger partial charge in [-0.2, -0.15) is 0 Å². The fourth-order valence-electron chi connectivity index (χ4n) is 2.43. The van der Waals surface area contributed by atoms with Crippen LogP contribution in [0.15, 0.2) is 18.2 Å². The summed E-state index contributed by atoms with van der Waals surface area (Å²) in [6.45, 7) is 1.22. The quantitative estimate of drug-likeness (QED) is 0.881. The van der Waals surface area contributed by atoms with E-state index in [1.165, 1.54) is 4.90 Å². The predicted molar refractivity (Wildman–Crippen MR) is 72.2 cm³/mol. The average molecular weight is 276 g/mol. The fourth-order valence-corrected chi connectivity index (χ4v) is 2.43. The molecule has 2 heterocycles. The zero-order chi connectivity index (χ0) is 14.1. The van der Waals surface area contributed by atoms with Crippen LogP contribution in [-0.2, 0) is 4.74 Å². The largest absolute Gasteiger partial charge is 0.493 e. The van der Waals surface area contributed by atoms with Crippen LogP contribution in [0.2, 0.25) is 0 Å². The van der Waals surface area contributed by atoms with Crippen LogP contribution in [0, 0.1) is 0 Å². The Morgan fingerprint density at radius 1 is 1.35 bits per heavy atom. The summed E-state index contributed by atoms with van der Waals surface area (Å²) in [5.74, 6) is 0.613. The lowest BCUT2D eigenvalue weighted by Gasteiger charge is -2.15. The van der Waals surface area contributed by atoms with Crippen molar-refractivity contribution in [3.8, 4) is 5.75 Å². The normalized spacial score (nSPS) is 22.1. The summed E-state index contributed by atoms with van der Waals surface area (Å²) in [7, 11) is 0. The SMILES string of the molecule is NCC1CN(c2ccc3c(c2)OCCCC3=O)C(=O)O1. The van der Waals surface area contributed by atoms with Gasteiger partial charge in [0.25, 0.3) is 0 Å². The van der Waals surface area contributed by atoms with Crippen LogP contribution in [0.4, 0.5) is 10.5 Å². The molecule has 1 saturated heterocycles. The lowest BCUT2D eigenvalue weighted by atomic mass is 10.1. The van der Waals surface area contributed by atoms with Crippen LogP contribution >= 0.6 is 0 Å². The maximum absolute atomic E-state index is 11.9. The molecule has 0 aliphatic carbocycles. The number of benzene rings is 1. The first-order valence-electron chi connectivity index (χ1n) is 6.67. The summed E-state index contributed by atoms with van der Waals surface area (Å²) in [6, 6.07) is 5.17. The highest BCUT2D eigenvalue weighted by molar-refractivity contribution is 6.00. The predicted octanol–water partition coefficient (Wildman–Crippen LogP) is 1.33. The van der Waals surface area contributed by atoms with Gasteiger partial charge in [0.1, 0.15) is 11.9 Å². The van der Waals surface area contributed by atoms with Gasteiger partial charge in [0, 0.05) is 19.0 Å². The Hall–Kier alpha value is -2.08. The molecule has 1 unspecified atom stereocenters. The van der Waals surface area contributed by atoms with Crippen LogP contribution in [-0.4, -0.2) is 37.7 Å². The highest BCUT2D eigenvalue weighted by Gasteiger charge is 2.32. The van der Waals surface area contributed by atoms with Crippen molar-refractivity contribution >= 4 is 17.6 Å². The molecule has 0 aromatic heterocycles. The van der Waals surface area contributed by atoms with Gasteiger partial charge in [-0.25, -0.2) is 4.79 Å². The topological polar surface area (TPSA) is 81.9 Å². The third-order valence-corrected chi connectivity index (χ3v) is 3.52. The molecule has 0 bridgehead atoms. The first kappa shape index (κ1) is 12.9. The van der Waals surface area contributed by atoms with Gasteiger partial charge in [-0.1, -0.05) is 0 Å². The standard InChI is InChI=1S/C14H16N2O4/c15-7-10-8-16(14(18)20-10)9-3-4-11-12(17)2-1-5-19-13(11)6-9/h3-4,6,10H,1-2,5,7-8,15H2. The zero-order valence-corrected chi connectivity index (χ0v) is 11.0. The Labute approximate surface area is 116 Å². The van der Waals surface area contributed by atoms with E-state index >= 15 is 0 Å². The first-order valence-corrected chi connectivity index (χ1v) is 6.67. The summed E-state index contributed by atoms with van der Waals surface area (Å²) in [5.41, 5.74) is 6.76. The Morgan fingerprint density at radius 3 is 2.95 bits per heavy atom. The maximum atomic E-state index is 11.9. The average Bonchev–Trinajstić information content (AvgIpc) is 2.74. The lowest BCUT2D eigenvalue weighted by Crippen LogP contribution is -2.27. The van der Waals surface area contributed by atoms with E-state index in [4.69, 9.17) is 15.2 Å². The molecule has 1 atom stereocenters. The molecule has 106 valence electrons. The van der Waals surface area contributed by atoms with Crippen molar-refractivity contribution in [2.75, 3.05) is 24.6 Å². The van der Waals surface area contributed by atoms with Crippen molar-refractivity contribution in [1.82, 2.24) is 0 Å². The van der Waals surface area contributed by atoms with Gasteiger partial charge < -0.3 is 15.2 Å². The number of hydrogen-bond acceptors (Lipinski definition) is 5. The van der Waals surface area contributed by atoms with E-state index in [9.17, 15) is 9.59 Å². The van der Waals surface area contributed by atoms with Gasteiger partial charge in [-0.15, -0.1) is 0 Å². The second kappa shape index (κ2) is 5.13. The van der Waals surface area contributed by atoms with Crippen LogP contribution in [0.3, 0.4) is 0 Å². The minimum Gasteiger partial charge on any atom is -0.493 e. The van der Waals surface area contributed by atoms with Gasteiger partial charge in [-0.3, -0.25) is 9.69 Å². The number of fused-ring (bicyclic) bond motifs is 1. The summed E-state index contributed by atoms with van der Waals surface area (Å²) in [6.07, 6.45) is 0.501. The van der Waals surface area contributed by atoms with Crippen molar-refractivity contribution < 1.29 is 19.1 Å². The molecular weight excluding hydrogens is 260 g/mol. The van der Waals surface area contributed by atoms with Gasteiger partial charge in [0.15, 0.2) is 5.78 Å². The number of nitrogens with two attached hydrogens (primary N) is 1. The van der Waals surface area contributed by atoms with E-state index in [1.54, 1.807) is 18.2 Å². The van der Waals surface area contributed by atoms with Crippen molar-refractivity contribution in [3.05, 3.63) is 23.8 Å². The Balaban J connectivity index is 1.91. The summed E-state index contributed by atoms with van der Waals surface area (Å²) < 4.78 is 10.7. The van der Waals surface area contributed by atoms with Gasteiger partial charge in [-0.05, 0) is 18.6 Å². The molecule has 6 nitrogen and oxygen atoms in total. The molecule has 20 heavy (non-hydrogen) atoms. The summed E-state index contributed by atoms with van der Waals surface area (Å²) >= 11 is 0. The number of carbonyl (C=O) groups is 2. The molecule has 2 N–H and O–H groups in total. The number of hydrogen-bond donors (Lipinski definition) is 1. The molecule has 2 aliphatic rings. The maximum Gasteiger partial charge on any atom is 0.414 e. The molecule has 6 heteroatoms. The molecule has 0 saturated carbocycles. The van der Waals surface area contributed by atoms with Gasteiger partial charge >= 0.3 is 6.09 Å². The van der Waals surface area contributed by atoms with Gasteiger partial charge in [0.05, 0.1) is 24.4 Å². The second-order valence-corrected chi connectivity index (χ2v) is 4.91. The number of ketones is 1. The molecule has 3 rings (SSSR count). The van der Waals surface area contributed by atoms with E-state index in [2.05, 4.69) is 0 Å². The molecule has 0 radical (unpaired) electrons. The highest BCUT2D eigenvalue weighted by atomic mass is 16.6. The molecule has 1 amide bonds. The smallest absolute Gasteiger partial charge is 0.414 e. The number of ether oxygens (including phenoxy) is 2. The van der Waals surface area contributed by atoms with E-state index in [1.807, 2.05) is 0 Å². The van der Waals surface area contributed by atoms with Crippen molar-refractivity contribution in [2.45, 2.75) is 18.9 Å². The number of cyclic esters (lactones) is 1. The number of rotatable bonds is 2. The van der Waals surface area contributed by atoms with Crippen molar-refractivity contribution in [2.24, 2.45) is 5.73 Å². The van der Waals surface area contributed by atoms with E-state index in [-0.39, 0.29) is 11.9 Å². The Kier molecular flexibility index (Phi) is 3.31. The number of amides is 1. The third kappa shape index (κ3) is 2.22. The Morgan fingerprint density at radius 2 is 2.20 bits per heavy atom. The minimum absolute atomic E-state index is 0.0767. The molecule has 1 aromatic rings. The van der Waals surface area contributed by atoms with E-state index in [0.29, 0.717) is 49.5 Å². The van der Waals surface area contributed by atoms with Crippen molar-refractivity contribution in [3.63, 3.8) is 0 Å². The van der Waals surface area contributed by atoms with Crippen LogP contribution in [0.5, 0.6) is 5.75 Å². The number of Topliss-reactive ketones (excluding diaryl/α,β-unsaturated/α-hetero) is 1. The van der Waals surface area contributed by atoms with Crippen LogP contribution in [0.25, 0.3) is 0 Å². The number of carbonyl (C=O) groups excluding carboxylic acids is 2. The van der Waals surface area contributed by atoms with Crippen molar-refractivity contribution in [1.29, 1.82) is 0 Å². The molecule has 1 aromatic carbocycles.